The summed E-state index contributed by atoms with van der Waals surface area (Å²) in [5, 5.41) is 7.86. The number of aromatic amines is 1. The zero-order valence-electron chi connectivity index (χ0n) is 14.3. The molecule has 1 aromatic heterocycles. The molecule has 138 valence electrons. The maximum Gasteiger partial charge on any atom is 0.275 e. The number of H-pyrrole nitrogens is 1. The second-order valence-electron chi connectivity index (χ2n) is 6.33. The predicted octanol–water partition coefficient (Wildman–Crippen LogP) is 2.95. The first kappa shape index (κ1) is 17.5. The van der Waals surface area contributed by atoms with Crippen molar-refractivity contribution in [2.45, 2.75) is 0 Å². The molecular formula is C19H16ClFN4O2. The van der Waals surface area contributed by atoms with E-state index in [0.717, 1.165) is 17.0 Å². The van der Waals surface area contributed by atoms with E-state index < -0.39 is 5.82 Å². The first-order chi connectivity index (χ1) is 13.0. The van der Waals surface area contributed by atoms with Crippen LogP contribution in [0.1, 0.15) is 20.8 Å². The number of para-hydroxylation sites is 1. The van der Waals surface area contributed by atoms with Gasteiger partial charge in [0.1, 0.15) is 5.82 Å². The Bertz CT molecular complexity index is 1030. The fourth-order valence-corrected chi connectivity index (χ4v) is 3.47. The molecule has 2 aromatic carbocycles. The normalized spacial score (nSPS) is 14.6. The summed E-state index contributed by atoms with van der Waals surface area (Å²) in [6, 6.07) is 11.2. The van der Waals surface area contributed by atoms with Crippen molar-refractivity contribution in [1.82, 2.24) is 20.0 Å². The van der Waals surface area contributed by atoms with Crippen LogP contribution in [0.25, 0.3) is 10.9 Å². The zero-order chi connectivity index (χ0) is 19.0. The summed E-state index contributed by atoms with van der Waals surface area (Å²) < 4.78 is 13.2. The van der Waals surface area contributed by atoms with Crippen LogP contribution in [0.15, 0.2) is 42.5 Å². The molecule has 27 heavy (non-hydrogen) atoms. The highest BCUT2D eigenvalue weighted by Gasteiger charge is 2.28. The van der Waals surface area contributed by atoms with E-state index in [0.29, 0.717) is 31.9 Å². The summed E-state index contributed by atoms with van der Waals surface area (Å²) in [6.07, 6.45) is 0. The minimum atomic E-state index is -0.488. The van der Waals surface area contributed by atoms with Gasteiger partial charge in [0.05, 0.1) is 16.1 Å². The van der Waals surface area contributed by atoms with E-state index in [1.165, 1.54) is 12.1 Å². The Balaban J connectivity index is 1.45. The van der Waals surface area contributed by atoms with E-state index in [9.17, 15) is 14.0 Å². The van der Waals surface area contributed by atoms with Gasteiger partial charge in [-0.15, -0.1) is 0 Å². The lowest BCUT2D eigenvalue weighted by Crippen LogP contribution is -2.50. The minimum absolute atomic E-state index is 0.0847. The highest BCUT2D eigenvalue weighted by Crippen LogP contribution is 2.21. The molecule has 1 aliphatic rings. The van der Waals surface area contributed by atoms with Crippen LogP contribution in [0, 0.1) is 5.82 Å². The molecule has 3 aromatic rings. The lowest BCUT2D eigenvalue weighted by molar-refractivity contribution is 0.0533. The lowest BCUT2D eigenvalue weighted by atomic mass is 10.1. The van der Waals surface area contributed by atoms with Crippen molar-refractivity contribution in [2.75, 3.05) is 26.2 Å². The van der Waals surface area contributed by atoms with Crippen molar-refractivity contribution in [2.24, 2.45) is 0 Å². The van der Waals surface area contributed by atoms with Gasteiger partial charge in [0.2, 0.25) is 0 Å². The smallest absolute Gasteiger partial charge is 0.275 e. The van der Waals surface area contributed by atoms with Gasteiger partial charge in [-0.25, -0.2) is 4.39 Å². The summed E-state index contributed by atoms with van der Waals surface area (Å²) in [6.45, 7) is 1.54. The third-order valence-electron chi connectivity index (χ3n) is 4.69. The molecule has 6 nitrogen and oxygen atoms in total. The summed E-state index contributed by atoms with van der Waals surface area (Å²) in [4.78, 5) is 28.7. The van der Waals surface area contributed by atoms with Crippen molar-refractivity contribution < 1.29 is 14.0 Å². The van der Waals surface area contributed by atoms with Crippen LogP contribution in [-0.4, -0.2) is 58.0 Å². The Labute approximate surface area is 159 Å². The molecule has 0 saturated carbocycles. The number of piperazine rings is 1. The van der Waals surface area contributed by atoms with E-state index in [2.05, 4.69) is 10.2 Å². The number of rotatable bonds is 2. The second-order valence-corrected chi connectivity index (χ2v) is 6.73. The number of fused-ring (bicyclic) bond motifs is 1. The van der Waals surface area contributed by atoms with Crippen LogP contribution in [0.4, 0.5) is 4.39 Å². The molecule has 0 bridgehead atoms. The third kappa shape index (κ3) is 3.26. The van der Waals surface area contributed by atoms with Crippen molar-refractivity contribution in [3.63, 3.8) is 0 Å². The van der Waals surface area contributed by atoms with E-state index in [-0.39, 0.29) is 22.4 Å². The number of aromatic nitrogens is 2. The fourth-order valence-electron chi connectivity index (χ4n) is 3.22. The predicted molar refractivity (Wildman–Crippen MR) is 99.3 cm³/mol. The number of nitrogens with one attached hydrogen (secondary N) is 1. The van der Waals surface area contributed by atoms with E-state index >= 15 is 0 Å². The van der Waals surface area contributed by atoms with Gasteiger partial charge in [0.15, 0.2) is 5.69 Å². The maximum absolute atomic E-state index is 13.2. The average molecular weight is 387 g/mol. The van der Waals surface area contributed by atoms with Gasteiger partial charge in [-0.2, -0.15) is 5.10 Å². The fraction of sp³-hybridized carbons (Fsp3) is 0.211. The number of nitrogens with zero attached hydrogens (tertiary/aromatic N) is 3. The molecule has 1 saturated heterocycles. The van der Waals surface area contributed by atoms with Crippen molar-refractivity contribution in [3.05, 3.63) is 64.6 Å². The highest BCUT2D eigenvalue weighted by molar-refractivity contribution is 6.33. The quantitative estimate of drug-likeness (QED) is 0.736. The van der Waals surface area contributed by atoms with Gasteiger partial charge in [0, 0.05) is 31.6 Å². The Hall–Kier alpha value is -2.93. The first-order valence-corrected chi connectivity index (χ1v) is 8.89. The summed E-state index contributed by atoms with van der Waals surface area (Å²) >= 11 is 5.98. The lowest BCUT2D eigenvalue weighted by Gasteiger charge is -2.34. The molecule has 0 radical (unpaired) electrons. The third-order valence-corrected chi connectivity index (χ3v) is 5.00. The number of hydrogen-bond acceptors (Lipinski definition) is 3. The maximum atomic E-state index is 13.2. The number of benzene rings is 2. The van der Waals surface area contributed by atoms with E-state index in [1.54, 1.807) is 9.80 Å². The number of halogens is 2. The van der Waals surface area contributed by atoms with Crippen molar-refractivity contribution in [1.29, 1.82) is 0 Å². The van der Waals surface area contributed by atoms with Gasteiger partial charge in [-0.3, -0.25) is 14.7 Å². The molecular weight excluding hydrogens is 371 g/mol. The second kappa shape index (κ2) is 7.00. The zero-order valence-corrected chi connectivity index (χ0v) is 15.0. The summed E-state index contributed by atoms with van der Waals surface area (Å²) in [5.74, 6) is -0.921. The molecule has 1 N–H and O–H groups in total. The molecule has 0 unspecified atom stereocenters. The molecule has 2 heterocycles. The molecule has 2 amide bonds. The molecule has 0 spiro atoms. The highest BCUT2D eigenvalue weighted by atomic mass is 35.5. The van der Waals surface area contributed by atoms with Gasteiger partial charge >= 0.3 is 0 Å². The number of carbonyl (C=O) groups is 2. The number of amides is 2. The molecule has 0 atom stereocenters. The van der Waals surface area contributed by atoms with E-state index in [1.807, 2.05) is 24.3 Å². The molecule has 1 fully saturated rings. The van der Waals surface area contributed by atoms with Crippen molar-refractivity contribution in [3.8, 4) is 0 Å². The van der Waals surface area contributed by atoms with Crippen LogP contribution >= 0.6 is 11.6 Å². The van der Waals surface area contributed by atoms with Crippen molar-refractivity contribution >= 4 is 34.3 Å². The number of hydrogen-bond donors (Lipinski definition) is 1. The molecule has 4 rings (SSSR count). The SMILES string of the molecule is O=C(c1ccc(F)cc1Cl)N1CCN(C(=O)c2n[nH]c3ccccc23)CC1. The number of carbonyl (C=O) groups excluding carboxylic acids is 2. The van der Waals surface area contributed by atoms with Gasteiger partial charge in [0.25, 0.3) is 11.8 Å². The molecule has 1 aliphatic heterocycles. The summed E-state index contributed by atoms with van der Waals surface area (Å²) in [5.41, 5.74) is 1.45. The average Bonchev–Trinajstić information content (AvgIpc) is 3.11. The van der Waals surface area contributed by atoms with E-state index in [4.69, 9.17) is 11.6 Å². The van der Waals surface area contributed by atoms with Crippen LogP contribution in [0.3, 0.4) is 0 Å². The standard InChI is InChI=1S/C19H16ClFN4O2/c20-15-11-12(21)5-6-13(15)18(26)24-7-9-25(10-8-24)19(27)17-14-3-1-2-4-16(14)22-23-17/h1-6,11H,7-10H2,(H,22,23). The Morgan fingerprint density at radius 1 is 1.00 bits per heavy atom. The Morgan fingerprint density at radius 3 is 2.37 bits per heavy atom. The first-order valence-electron chi connectivity index (χ1n) is 8.51. The largest absolute Gasteiger partial charge is 0.335 e. The van der Waals surface area contributed by atoms with Gasteiger partial charge in [-0.05, 0) is 24.3 Å². The topological polar surface area (TPSA) is 69.3 Å². The monoisotopic (exact) mass is 386 g/mol. The molecule has 8 heteroatoms. The minimum Gasteiger partial charge on any atom is -0.335 e. The van der Waals surface area contributed by atoms with Crippen LogP contribution in [0.2, 0.25) is 5.02 Å². The van der Waals surface area contributed by atoms with Crippen LogP contribution < -0.4 is 0 Å². The van der Waals surface area contributed by atoms with Crippen LogP contribution in [-0.2, 0) is 0 Å². The Morgan fingerprint density at radius 2 is 1.67 bits per heavy atom. The van der Waals surface area contributed by atoms with Crippen LogP contribution in [0.5, 0.6) is 0 Å². The Kier molecular flexibility index (Phi) is 4.53. The molecule has 0 aliphatic carbocycles. The van der Waals surface area contributed by atoms with Gasteiger partial charge in [-0.1, -0.05) is 29.8 Å². The summed E-state index contributed by atoms with van der Waals surface area (Å²) in [7, 11) is 0. The van der Waals surface area contributed by atoms with Gasteiger partial charge < -0.3 is 9.80 Å².